The quantitative estimate of drug-likeness (QED) is 0.289. The molecule has 4 rings (SSSR count). The molecule has 3 aromatic rings. The Morgan fingerprint density at radius 1 is 1.23 bits per heavy atom. The van der Waals surface area contributed by atoms with Crippen molar-refractivity contribution in [2.24, 2.45) is 7.05 Å². The number of hydrogen-bond acceptors (Lipinski definition) is 5. The molecule has 0 spiro atoms. The Balaban J connectivity index is 0.00000342. The van der Waals surface area contributed by atoms with E-state index in [2.05, 4.69) is 24.8 Å². The molecule has 1 aliphatic rings. The van der Waals surface area contributed by atoms with Gasteiger partial charge in [-0.25, -0.2) is 9.18 Å². The molecule has 0 aliphatic carbocycles. The van der Waals surface area contributed by atoms with Crippen LogP contribution in [0.4, 0.5) is 4.39 Å². The number of thioether (sulfide) groups is 1. The predicted octanol–water partition coefficient (Wildman–Crippen LogP) is 6.41. The lowest BCUT2D eigenvalue weighted by Crippen LogP contribution is -2.34. The summed E-state index contributed by atoms with van der Waals surface area (Å²) in [6.45, 7) is 8.22. The van der Waals surface area contributed by atoms with Crippen LogP contribution in [0.1, 0.15) is 48.8 Å². The minimum Gasteiger partial charge on any atom is -0.507 e. The minimum absolute atomic E-state index is 0. The lowest BCUT2D eigenvalue weighted by Gasteiger charge is -2.30. The standard InChI is InChI=1S/C27H31FN2O3S.ClH/c1-5-33-27(32)26-22-15-25(31)21(18-10-12-30(13-11-18)17(2)3)14-23(22)29(4)24(26)16-34-20-8-6-19(28)7-9-20;/h6-10,14-15,17,31H,5,11-13,16H2,1-4H3;1H. The van der Waals surface area contributed by atoms with Gasteiger partial charge in [-0.05, 0) is 69.2 Å². The summed E-state index contributed by atoms with van der Waals surface area (Å²) in [6.07, 6.45) is 3.05. The van der Waals surface area contributed by atoms with E-state index < -0.39 is 5.97 Å². The third kappa shape index (κ3) is 5.68. The van der Waals surface area contributed by atoms with Gasteiger partial charge in [-0.3, -0.25) is 4.90 Å². The van der Waals surface area contributed by atoms with E-state index in [0.29, 0.717) is 22.7 Å². The van der Waals surface area contributed by atoms with Crippen LogP contribution in [0.25, 0.3) is 16.5 Å². The first-order valence-electron chi connectivity index (χ1n) is 11.6. The molecule has 8 heteroatoms. The molecule has 0 amide bonds. The van der Waals surface area contributed by atoms with Crippen LogP contribution in [0.3, 0.4) is 0 Å². The van der Waals surface area contributed by atoms with E-state index in [1.165, 1.54) is 23.9 Å². The average molecular weight is 519 g/mol. The summed E-state index contributed by atoms with van der Waals surface area (Å²) < 4.78 is 20.7. The van der Waals surface area contributed by atoms with Gasteiger partial charge in [-0.2, -0.15) is 0 Å². The summed E-state index contributed by atoms with van der Waals surface area (Å²) in [4.78, 5) is 16.3. The highest BCUT2D eigenvalue weighted by atomic mass is 35.5. The van der Waals surface area contributed by atoms with Crippen molar-refractivity contribution in [3.05, 3.63) is 65.1 Å². The zero-order valence-corrected chi connectivity index (χ0v) is 22.1. The summed E-state index contributed by atoms with van der Waals surface area (Å²) in [5, 5.41) is 11.6. The van der Waals surface area contributed by atoms with Gasteiger partial charge in [0.1, 0.15) is 11.6 Å². The summed E-state index contributed by atoms with van der Waals surface area (Å²) in [6, 6.07) is 10.5. The maximum Gasteiger partial charge on any atom is 0.340 e. The number of fused-ring (bicyclic) bond motifs is 1. The van der Waals surface area contributed by atoms with Gasteiger partial charge in [0, 0.05) is 59.0 Å². The van der Waals surface area contributed by atoms with E-state index in [0.717, 1.165) is 46.8 Å². The summed E-state index contributed by atoms with van der Waals surface area (Å²) in [5.41, 5.74) is 4.09. The lowest BCUT2D eigenvalue weighted by atomic mass is 9.96. The Morgan fingerprint density at radius 2 is 1.94 bits per heavy atom. The van der Waals surface area contributed by atoms with Gasteiger partial charge in [-0.15, -0.1) is 24.2 Å². The molecule has 1 aromatic heterocycles. The first-order valence-corrected chi connectivity index (χ1v) is 12.6. The molecule has 1 N–H and O–H groups in total. The van der Waals surface area contributed by atoms with Crippen molar-refractivity contribution >= 4 is 46.6 Å². The molecule has 0 unspecified atom stereocenters. The number of hydrogen-bond donors (Lipinski definition) is 1. The number of aromatic nitrogens is 1. The molecular formula is C27H32ClFN2O3S. The van der Waals surface area contributed by atoms with Crippen molar-refractivity contribution < 1.29 is 19.0 Å². The molecule has 2 heterocycles. The van der Waals surface area contributed by atoms with E-state index in [-0.39, 0.29) is 30.6 Å². The van der Waals surface area contributed by atoms with Crippen molar-refractivity contribution in [2.75, 3.05) is 19.7 Å². The molecule has 5 nitrogen and oxygen atoms in total. The van der Waals surface area contributed by atoms with Gasteiger partial charge in [0.05, 0.1) is 12.2 Å². The second-order valence-corrected chi connectivity index (χ2v) is 9.85. The predicted molar refractivity (Wildman–Crippen MR) is 143 cm³/mol. The first-order chi connectivity index (χ1) is 16.3. The third-order valence-corrected chi connectivity index (χ3v) is 7.45. The SMILES string of the molecule is CCOC(=O)c1c(CSc2ccc(F)cc2)n(C)c2cc(C3=CCN(C(C)C)CC3)c(O)cc12.Cl. The molecule has 35 heavy (non-hydrogen) atoms. The Bertz CT molecular complexity index is 1240. The highest BCUT2D eigenvalue weighted by Gasteiger charge is 2.25. The zero-order chi connectivity index (χ0) is 24.4. The third-order valence-electron chi connectivity index (χ3n) is 6.42. The second kappa shape index (κ2) is 11.5. The van der Waals surface area contributed by atoms with Gasteiger partial charge in [0.25, 0.3) is 0 Å². The van der Waals surface area contributed by atoms with E-state index in [9.17, 15) is 14.3 Å². The fourth-order valence-corrected chi connectivity index (χ4v) is 5.43. The maximum absolute atomic E-state index is 13.3. The van der Waals surface area contributed by atoms with Crippen LogP contribution in [0.15, 0.2) is 47.4 Å². The number of rotatable bonds is 7. The fourth-order valence-electron chi connectivity index (χ4n) is 4.46. The van der Waals surface area contributed by atoms with Gasteiger partial charge < -0.3 is 14.4 Å². The monoisotopic (exact) mass is 518 g/mol. The topological polar surface area (TPSA) is 54.7 Å². The van der Waals surface area contributed by atoms with Crippen LogP contribution >= 0.6 is 24.2 Å². The number of phenolic OH excluding ortho intramolecular Hbond substituents is 1. The number of aromatic hydroxyl groups is 1. The van der Waals surface area contributed by atoms with Crippen molar-refractivity contribution in [1.82, 2.24) is 9.47 Å². The molecule has 0 saturated carbocycles. The van der Waals surface area contributed by atoms with Gasteiger partial charge in [0.2, 0.25) is 0 Å². The number of benzene rings is 2. The first kappa shape index (κ1) is 27.1. The smallest absolute Gasteiger partial charge is 0.340 e. The number of esters is 1. The Labute approximate surface area is 216 Å². The fraction of sp³-hybridized carbons (Fsp3) is 0.370. The maximum atomic E-state index is 13.3. The minimum atomic E-state index is -0.403. The number of carbonyl (C=O) groups is 1. The van der Waals surface area contributed by atoms with Crippen LogP contribution in [0, 0.1) is 5.82 Å². The molecular weight excluding hydrogens is 487 g/mol. The molecule has 1 aliphatic heterocycles. The Morgan fingerprint density at radius 3 is 2.54 bits per heavy atom. The van der Waals surface area contributed by atoms with E-state index in [1.807, 2.05) is 17.7 Å². The number of carbonyl (C=O) groups excluding carboxylic acids is 1. The highest BCUT2D eigenvalue weighted by molar-refractivity contribution is 7.98. The number of aryl methyl sites for hydroxylation is 1. The molecule has 0 radical (unpaired) electrons. The van der Waals surface area contributed by atoms with Crippen molar-refractivity contribution in [3.8, 4) is 5.75 Å². The lowest BCUT2D eigenvalue weighted by molar-refractivity contribution is 0.0527. The molecule has 2 aromatic carbocycles. The summed E-state index contributed by atoms with van der Waals surface area (Å²) in [5.74, 6) is -0.00430. The van der Waals surface area contributed by atoms with Crippen LogP contribution < -0.4 is 0 Å². The molecule has 0 saturated heterocycles. The number of ether oxygens (including phenoxy) is 1. The molecule has 188 valence electrons. The molecule has 0 atom stereocenters. The molecule has 0 bridgehead atoms. The van der Waals surface area contributed by atoms with Gasteiger partial charge in [-0.1, -0.05) is 6.08 Å². The average Bonchev–Trinajstić information content (AvgIpc) is 3.09. The Kier molecular flexibility index (Phi) is 8.91. The van der Waals surface area contributed by atoms with Crippen molar-refractivity contribution in [2.45, 2.75) is 43.9 Å². The number of phenols is 1. The van der Waals surface area contributed by atoms with Crippen LogP contribution in [-0.4, -0.2) is 46.3 Å². The number of nitrogens with zero attached hydrogens (tertiary/aromatic N) is 2. The highest BCUT2D eigenvalue weighted by Crippen LogP contribution is 2.38. The molecule has 0 fully saturated rings. The van der Waals surface area contributed by atoms with E-state index in [1.54, 1.807) is 25.1 Å². The Hall–Kier alpha value is -2.48. The zero-order valence-electron chi connectivity index (χ0n) is 20.5. The van der Waals surface area contributed by atoms with Crippen molar-refractivity contribution in [1.29, 1.82) is 0 Å². The van der Waals surface area contributed by atoms with Crippen molar-refractivity contribution in [3.63, 3.8) is 0 Å². The number of halogens is 2. The second-order valence-electron chi connectivity index (χ2n) is 8.80. The van der Waals surface area contributed by atoms with Crippen LogP contribution in [0.5, 0.6) is 5.75 Å². The van der Waals surface area contributed by atoms with Gasteiger partial charge in [0.15, 0.2) is 0 Å². The van der Waals surface area contributed by atoms with Crippen LogP contribution in [0.2, 0.25) is 0 Å². The summed E-state index contributed by atoms with van der Waals surface area (Å²) >= 11 is 1.53. The normalized spacial score (nSPS) is 14.2. The van der Waals surface area contributed by atoms with Gasteiger partial charge >= 0.3 is 5.97 Å². The van der Waals surface area contributed by atoms with Crippen LogP contribution in [-0.2, 0) is 17.5 Å². The largest absolute Gasteiger partial charge is 0.507 e. The summed E-state index contributed by atoms with van der Waals surface area (Å²) in [7, 11) is 1.93. The van der Waals surface area contributed by atoms with E-state index in [4.69, 9.17) is 4.74 Å². The van der Waals surface area contributed by atoms with E-state index >= 15 is 0 Å².